The number of nitrogens with two attached hydrogens (primary N) is 1. The van der Waals surface area contributed by atoms with Crippen LogP contribution < -0.4 is 11.2 Å². The molecule has 1 aromatic heterocycles. The number of nitrogens with one attached hydrogen (secondary N) is 4. The Morgan fingerprint density at radius 3 is 2.82 bits per heavy atom. The molecule has 0 aliphatic heterocycles. The standard InChI is InChI=1S/C15H14N6O/c16-7-11(18)8-2-4-12-14(5-8)20-15(19-12)9-1-3-10(17)13(6-9)21-22/h1-7,16,18,21-22H,17H2,(H,19,20). The molecule has 0 bridgehead atoms. The van der Waals surface area contributed by atoms with Crippen molar-refractivity contribution in [3.63, 3.8) is 0 Å². The molecule has 22 heavy (non-hydrogen) atoms. The number of imidazole rings is 1. The number of fused-ring (bicyclic) bond motifs is 1. The van der Waals surface area contributed by atoms with E-state index < -0.39 is 0 Å². The molecule has 3 rings (SSSR count). The molecule has 0 saturated heterocycles. The Bertz CT molecular complexity index is 883. The van der Waals surface area contributed by atoms with Crippen LogP contribution >= 0.6 is 0 Å². The molecule has 0 radical (unpaired) electrons. The smallest absolute Gasteiger partial charge is 0.138 e. The van der Waals surface area contributed by atoms with Gasteiger partial charge in [0.15, 0.2) is 0 Å². The molecule has 0 amide bonds. The van der Waals surface area contributed by atoms with Crippen molar-refractivity contribution in [2.75, 3.05) is 11.2 Å². The van der Waals surface area contributed by atoms with Crippen molar-refractivity contribution in [3.8, 4) is 11.4 Å². The molecule has 0 aliphatic rings. The topological polar surface area (TPSA) is 135 Å². The first-order valence-corrected chi connectivity index (χ1v) is 6.51. The fourth-order valence-electron chi connectivity index (χ4n) is 2.20. The maximum atomic E-state index is 9.05. The van der Waals surface area contributed by atoms with E-state index in [1.54, 1.807) is 36.4 Å². The SMILES string of the molecule is N=CC(=N)c1ccc2nc(-c3ccc(N)c(NO)c3)[nH]c2c1. The van der Waals surface area contributed by atoms with Gasteiger partial charge in [0, 0.05) is 17.3 Å². The minimum atomic E-state index is 0.136. The minimum Gasteiger partial charge on any atom is -0.397 e. The quantitative estimate of drug-likeness (QED) is 0.250. The van der Waals surface area contributed by atoms with Crippen molar-refractivity contribution in [2.45, 2.75) is 0 Å². The first kappa shape index (κ1) is 13.8. The Hall–Kier alpha value is -3.19. The molecular weight excluding hydrogens is 280 g/mol. The Morgan fingerprint density at radius 2 is 2.09 bits per heavy atom. The summed E-state index contributed by atoms with van der Waals surface area (Å²) in [6, 6.07) is 10.5. The van der Waals surface area contributed by atoms with E-state index in [-0.39, 0.29) is 5.71 Å². The fourth-order valence-corrected chi connectivity index (χ4v) is 2.20. The Morgan fingerprint density at radius 1 is 1.27 bits per heavy atom. The van der Waals surface area contributed by atoms with Gasteiger partial charge in [-0.25, -0.2) is 4.98 Å². The number of H-pyrrole nitrogens is 1. The number of hydrogen-bond acceptors (Lipinski definition) is 6. The summed E-state index contributed by atoms with van der Waals surface area (Å²) in [5.74, 6) is 0.630. The van der Waals surface area contributed by atoms with Gasteiger partial charge >= 0.3 is 0 Å². The number of anilines is 2. The van der Waals surface area contributed by atoms with Crippen LogP contribution in [0.3, 0.4) is 0 Å². The van der Waals surface area contributed by atoms with Crippen molar-refractivity contribution >= 4 is 34.3 Å². The second-order valence-corrected chi connectivity index (χ2v) is 4.79. The van der Waals surface area contributed by atoms with Gasteiger partial charge in [-0.05, 0) is 30.3 Å². The van der Waals surface area contributed by atoms with Crippen LogP contribution in [0.1, 0.15) is 5.56 Å². The number of benzene rings is 2. The van der Waals surface area contributed by atoms with Crippen LogP contribution in [0, 0.1) is 10.8 Å². The summed E-state index contributed by atoms with van der Waals surface area (Å²) in [5, 5.41) is 23.9. The third kappa shape index (κ3) is 2.29. The molecule has 0 unspecified atom stereocenters. The van der Waals surface area contributed by atoms with E-state index >= 15 is 0 Å². The van der Waals surface area contributed by atoms with E-state index in [4.69, 9.17) is 21.8 Å². The summed E-state index contributed by atoms with van der Waals surface area (Å²) in [6.07, 6.45) is 0.998. The predicted octanol–water partition coefficient (Wildman–Crippen LogP) is 2.63. The third-order valence-electron chi connectivity index (χ3n) is 3.38. The predicted molar refractivity (Wildman–Crippen MR) is 87.0 cm³/mol. The summed E-state index contributed by atoms with van der Waals surface area (Å²) in [4.78, 5) is 7.65. The molecule has 1 heterocycles. The molecule has 0 atom stereocenters. The van der Waals surface area contributed by atoms with Crippen molar-refractivity contribution in [1.82, 2.24) is 9.97 Å². The third-order valence-corrected chi connectivity index (χ3v) is 3.38. The first-order chi connectivity index (χ1) is 10.6. The molecule has 0 spiro atoms. The zero-order valence-electron chi connectivity index (χ0n) is 11.5. The van der Waals surface area contributed by atoms with Gasteiger partial charge in [-0.15, -0.1) is 0 Å². The lowest BCUT2D eigenvalue weighted by molar-refractivity contribution is 0.389. The number of aromatic amines is 1. The van der Waals surface area contributed by atoms with Gasteiger partial charge in [0.2, 0.25) is 0 Å². The highest BCUT2D eigenvalue weighted by Gasteiger charge is 2.09. The fraction of sp³-hybridized carbons (Fsp3) is 0. The van der Waals surface area contributed by atoms with E-state index in [9.17, 15) is 0 Å². The number of rotatable bonds is 4. The molecule has 2 aromatic carbocycles. The lowest BCUT2D eigenvalue weighted by Crippen LogP contribution is -1.98. The van der Waals surface area contributed by atoms with E-state index in [0.29, 0.717) is 22.8 Å². The second-order valence-electron chi connectivity index (χ2n) is 4.79. The van der Waals surface area contributed by atoms with E-state index in [1.165, 1.54) is 0 Å². The van der Waals surface area contributed by atoms with Gasteiger partial charge in [0.05, 0.1) is 28.1 Å². The van der Waals surface area contributed by atoms with Gasteiger partial charge in [0.1, 0.15) is 5.82 Å². The summed E-state index contributed by atoms with van der Waals surface area (Å²) >= 11 is 0. The van der Waals surface area contributed by atoms with Crippen molar-refractivity contribution in [1.29, 1.82) is 10.8 Å². The van der Waals surface area contributed by atoms with Gasteiger partial charge in [-0.2, -0.15) is 0 Å². The molecule has 0 aliphatic carbocycles. The van der Waals surface area contributed by atoms with E-state index in [2.05, 4.69) is 15.4 Å². The highest BCUT2D eigenvalue weighted by atomic mass is 16.5. The monoisotopic (exact) mass is 294 g/mol. The molecule has 0 fully saturated rings. The molecule has 7 heteroatoms. The molecule has 110 valence electrons. The minimum absolute atomic E-state index is 0.136. The molecule has 7 nitrogen and oxygen atoms in total. The zero-order chi connectivity index (χ0) is 15.7. The van der Waals surface area contributed by atoms with Crippen LogP contribution in [0.25, 0.3) is 22.4 Å². The Balaban J connectivity index is 2.08. The van der Waals surface area contributed by atoms with Crippen molar-refractivity contribution in [3.05, 3.63) is 42.0 Å². The molecule has 0 saturated carbocycles. The van der Waals surface area contributed by atoms with Gasteiger partial charge in [0.25, 0.3) is 0 Å². The van der Waals surface area contributed by atoms with E-state index in [1.807, 2.05) is 0 Å². The van der Waals surface area contributed by atoms with Crippen molar-refractivity contribution in [2.24, 2.45) is 0 Å². The van der Waals surface area contributed by atoms with Crippen LogP contribution in [0.2, 0.25) is 0 Å². The van der Waals surface area contributed by atoms with Gasteiger partial charge < -0.3 is 16.1 Å². The maximum Gasteiger partial charge on any atom is 0.138 e. The summed E-state index contributed by atoms with van der Waals surface area (Å²) in [6.45, 7) is 0. The van der Waals surface area contributed by atoms with Crippen LogP contribution in [0.5, 0.6) is 0 Å². The van der Waals surface area contributed by atoms with Gasteiger partial charge in [-0.1, -0.05) is 6.07 Å². The highest BCUT2D eigenvalue weighted by Crippen LogP contribution is 2.27. The van der Waals surface area contributed by atoms with Crippen molar-refractivity contribution < 1.29 is 5.21 Å². The molecular formula is C15H14N6O. The molecule has 3 aromatic rings. The van der Waals surface area contributed by atoms with Crippen LogP contribution in [-0.2, 0) is 0 Å². The van der Waals surface area contributed by atoms with Crippen LogP contribution in [0.4, 0.5) is 11.4 Å². The number of hydrogen-bond donors (Lipinski definition) is 6. The second kappa shape index (κ2) is 5.30. The number of aromatic nitrogens is 2. The van der Waals surface area contributed by atoms with Gasteiger partial charge in [-0.3, -0.25) is 16.1 Å². The Kier molecular flexibility index (Phi) is 3.32. The lowest BCUT2D eigenvalue weighted by atomic mass is 10.1. The lowest BCUT2D eigenvalue weighted by Gasteiger charge is -2.05. The average molecular weight is 294 g/mol. The van der Waals surface area contributed by atoms with Crippen LogP contribution in [-0.4, -0.2) is 27.1 Å². The number of nitrogen functional groups attached to an aromatic ring is 1. The normalized spacial score (nSPS) is 10.6. The summed E-state index contributed by atoms with van der Waals surface area (Å²) in [7, 11) is 0. The molecule has 7 N–H and O–H groups in total. The van der Waals surface area contributed by atoms with E-state index in [0.717, 1.165) is 22.8 Å². The average Bonchev–Trinajstić information content (AvgIpc) is 2.97. The number of nitrogens with zero attached hydrogens (tertiary/aromatic N) is 1. The largest absolute Gasteiger partial charge is 0.397 e. The van der Waals surface area contributed by atoms with Crippen LogP contribution in [0.15, 0.2) is 36.4 Å². The summed E-state index contributed by atoms with van der Waals surface area (Å²) < 4.78 is 0. The highest BCUT2D eigenvalue weighted by molar-refractivity contribution is 6.36. The maximum absolute atomic E-state index is 9.05. The Labute approximate surface area is 125 Å². The first-order valence-electron chi connectivity index (χ1n) is 6.51. The zero-order valence-corrected chi connectivity index (χ0v) is 11.5. The summed E-state index contributed by atoms with van der Waals surface area (Å²) in [5.41, 5.74) is 11.7.